The van der Waals surface area contributed by atoms with Crippen molar-refractivity contribution in [2.75, 3.05) is 11.9 Å². The van der Waals surface area contributed by atoms with Gasteiger partial charge < -0.3 is 10.1 Å². The third-order valence-electron chi connectivity index (χ3n) is 2.51. The zero-order valence-corrected chi connectivity index (χ0v) is 11.3. The molecule has 94 valence electrons. The molecule has 0 aliphatic rings. The van der Waals surface area contributed by atoms with Crippen LogP contribution < -0.4 is 5.32 Å². The van der Waals surface area contributed by atoms with Gasteiger partial charge in [-0.2, -0.15) is 0 Å². The van der Waals surface area contributed by atoms with E-state index in [9.17, 15) is 4.79 Å². The highest BCUT2D eigenvalue weighted by Crippen LogP contribution is 2.18. The largest absolute Gasteiger partial charge is 0.366 e. The van der Waals surface area contributed by atoms with Gasteiger partial charge in [0.2, 0.25) is 5.91 Å². The Morgan fingerprint density at radius 1 is 1.29 bits per heavy atom. The van der Waals surface area contributed by atoms with Crippen LogP contribution in [0.5, 0.6) is 0 Å². The summed E-state index contributed by atoms with van der Waals surface area (Å²) in [7, 11) is 0. The van der Waals surface area contributed by atoms with Crippen LogP contribution in [0.1, 0.15) is 31.9 Å². The fourth-order valence-electron chi connectivity index (χ4n) is 1.35. The zero-order valence-electron chi connectivity index (χ0n) is 11.3. The lowest BCUT2D eigenvalue weighted by molar-refractivity contribution is -0.125. The Morgan fingerprint density at radius 2 is 1.94 bits per heavy atom. The number of hydrogen-bond acceptors (Lipinski definition) is 2. The van der Waals surface area contributed by atoms with E-state index in [4.69, 9.17) is 4.74 Å². The average molecular weight is 235 g/mol. The van der Waals surface area contributed by atoms with Gasteiger partial charge in [-0.1, -0.05) is 12.1 Å². The normalized spacial score (nSPS) is 11.4. The van der Waals surface area contributed by atoms with Gasteiger partial charge in [0.1, 0.15) is 6.61 Å². The van der Waals surface area contributed by atoms with Crippen LogP contribution in [0.15, 0.2) is 18.2 Å². The van der Waals surface area contributed by atoms with E-state index >= 15 is 0 Å². The Hall–Kier alpha value is -1.35. The predicted molar refractivity (Wildman–Crippen MR) is 70.3 cm³/mol. The Kier molecular flexibility index (Phi) is 4.29. The molecule has 0 spiro atoms. The summed E-state index contributed by atoms with van der Waals surface area (Å²) in [5, 5.41) is 2.86. The van der Waals surface area contributed by atoms with Gasteiger partial charge in [-0.05, 0) is 51.8 Å². The van der Waals surface area contributed by atoms with Crippen LogP contribution in [0.4, 0.5) is 5.69 Å². The van der Waals surface area contributed by atoms with E-state index in [2.05, 4.69) is 5.32 Å². The van der Waals surface area contributed by atoms with Crippen molar-refractivity contribution in [3.8, 4) is 0 Å². The SMILES string of the molecule is Cc1cccc(NC(=O)COC(C)(C)C)c1C. The highest BCUT2D eigenvalue weighted by atomic mass is 16.5. The molecule has 1 aromatic rings. The van der Waals surface area contributed by atoms with Gasteiger partial charge >= 0.3 is 0 Å². The van der Waals surface area contributed by atoms with Gasteiger partial charge in [0.25, 0.3) is 0 Å². The molecule has 0 saturated carbocycles. The minimum atomic E-state index is -0.293. The molecule has 0 aliphatic heterocycles. The molecule has 0 unspecified atom stereocenters. The summed E-state index contributed by atoms with van der Waals surface area (Å²) in [6, 6.07) is 5.86. The number of nitrogens with one attached hydrogen (secondary N) is 1. The van der Waals surface area contributed by atoms with Crippen molar-refractivity contribution in [2.45, 2.75) is 40.2 Å². The Balaban J connectivity index is 2.60. The molecule has 0 heterocycles. The third kappa shape index (κ3) is 4.57. The molecule has 3 heteroatoms. The maximum atomic E-state index is 11.7. The van der Waals surface area contributed by atoms with Crippen LogP contribution in [0, 0.1) is 13.8 Å². The monoisotopic (exact) mass is 235 g/mol. The number of anilines is 1. The van der Waals surface area contributed by atoms with E-state index in [0.717, 1.165) is 11.3 Å². The number of carbonyl (C=O) groups excluding carboxylic acids is 1. The van der Waals surface area contributed by atoms with Gasteiger partial charge in [-0.3, -0.25) is 4.79 Å². The van der Waals surface area contributed by atoms with Gasteiger partial charge in [0.15, 0.2) is 0 Å². The van der Waals surface area contributed by atoms with Gasteiger partial charge in [-0.15, -0.1) is 0 Å². The van der Waals surface area contributed by atoms with Crippen LogP contribution in [0.3, 0.4) is 0 Å². The van der Waals surface area contributed by atoms with Gasteiger partial charge in [-0.25, -0.2) is 0 Å². The molecule has 0 radical (unpaired) electrons. The van der Waals surface area contributed by atoms with E-state index < -0.39 is 0 Å². The standard InChI is InChI=1S/C14H21NO2/c1-10-7-6-8-12(11(10)2)15-13(16)9-17-14(3,4)5/h6-8H,9H2,1-5H3,(H,15,16). The maximum Gasteiger partial charge on any atom is 0.250 e. The zero-order chi connectivity index (χ0) is 13.1. The van der Waals surface area contributed by atoms with E-state index in [0.29, 0.717) is 0 Å². The highest BCUT2D eigenvalue weighted by molar-refractivity contribution is 5.92. The minimum absolute atomic E-state index is 0.0802. The molecule has 0 fully saturated rings. The number of hydrogen-bond donors (Lipinski definition) is 1. The lowest BCUT2D eigenvalue weighted by Crippen LogP contribution is -2.27. The summed E-state index contributed by atoms with van der Waals surface area (Å²) in [5.41, 5.74) is 2.82. The lowest BCUT2D eigenvalue weighted by atomic mass is 10.1. The summed E-state index contributed by atoms with van der Waals surface area (Å²) >= 11 is 0. The second-order valence-corrected chi connectivity index (χ2v) is 5.20. The number of rotatable bonds is 3. The maximum absolute atomic E-state index is 11.7. The first-order valence-corrected chi connectivity index (χ1v) is 5.79. The third-order valence-corrected chi connectivity index (χ3v) is 2.51. The molecule has 1 N–H and O–H groups in total. The van der Waals surface area contributed by atoms with Crippen LogP contribution in [0.2, 0.25) is 0 Å². The second-order valence-electron chi connectivity index (χ2n) is 5.20. The fourth-order valence-corrected chi connectivity index (χ4v) is 1.35. The number of ether oxygens (including phenoxy) is 1. The summed E-state index contributed by atoms with van der Waals surface area (Å²) in [5.74, 6) is -0.117. The van der Waals surface area contributed by atoms with Gasteiger partial charge in [0, 0.05) is 5.69 Å². The Labute approximate surface area is 103 Å². The molecule has 3 nitrogen and oxygen atoms in total. The summed E-state index contributed by atoms with van der Waals surface area (Å²) in [6.45, 7) is 9.89. The molecule has 1 aromatic carbocycles. The van der Waals surface area contributed by atoms with Crippen molar-refractivity contribution in [1.82, 2.24) is 0 Å². The van der Waals surface area contributed by atoms with Crippen LogP contribution >= 0.6 is 0 Å². The first kappa shape index (κ1) is 13.7. The first-order chi connectivity index (χ1) is 7.79. The minimum Gasteiger partial charge on any atom is -0.366 e. The van der Waals surface area contributed by atoms with Gasteiger partial charge in [0.05, 0.1) is 5.60 Å². The Morgan fingerprint density at radius 3 is 2.53 bits per heavy atom. The molecule has 17 heavy (non-hydrogen) atoms. The summed E-state index contributed by atoms with van der Waals surface area (Å²) in [4.78, 5) is 11.7. The quantitative estimate of drug-likeness (QED) is 0.874. The van der Waals surface area contributed by atoms with Crippen LogP contribution in [-0.4, -0.2) is 18.1 Å². The van der Waals surface area contributed by atoms with E-state index in [-0.39, 0.29) is 18.1 Å². The first-order valence-electron chi connectivity index (χ1n) is 5.79. The van der Waals surface area contributed by atoms with Crippen LogP contribution in [-0.2, 0) is 9.53 Å². The molecule has 0 aliphatic carbocycles. The van der Waals surface area contributed by atoms with Crippen LogP contribution in [0.25, 0.3) is 0 Å². The fraction of sp³-hybridized carbons (Fsp3) is 0.500. The smallest absolute Gasteiger partial charge is 0.250 e. The molecule has 0 saturated heterocycles. The Bertz CT molecular complexity index is 405. The topological polar surface area (TPSA) is 38.3 Å². The lowest BCUT2D eigenvalue weighted by Gasteiger charge is -2.19. The second kappa shape index (κ2) is 5.32. The molecule has 1 rings (SSSR count). The molecule has 0 atom stereocenters. The summed E-state index contributed by atoms with van der Waals surface area (Å²) < 4.78 is 5.42. The van der Waals surface area contributed by atoms with Crippen molar-refractivity contribution < 1.29 is 9.53 Å². The molecular formula is C14H21NO2. The predicted octanol–water partition coefficient (Wildman–Crippen LogP) is 3.06. The van der Waals surface area contributed by atoms with Crippen molar-refractivity contribution in [3.05, 3.63) is 29.3 Å². The molecule has 0 bridgehead atoms. The molecule has 1 amide bonds. The van der Waals surface area contributed by atoms with Crippen molar-refractivity contribution in [1.29, 1.82) is 0 Å². The van der Waals surface area contributed by atoms with E-state index in [1.807, 2.05) is 52.8 Å². The highest BCUT2D eigenvalue weighted by Gasteiger charge is 2.13. The van der Waals surface area contributed by atoms with E-state index in [1.165, 1.54) is 5.56 Å². The number of amides is 1. The molecular weight excluding hydrogens is 214 g/mol. The number of carbonyl (C=O) groups is 1. The number of benzene rings is 1. The van der Waals surface area contributed by atoms with Crippen molar-refractivity contribution in [3.63, 3.8) is 0 Å². The average Bonchev–Trinajstić information content (AvgIpc) is 2.21. The van der Waals surface area contributed by atoms with E-state index in [1.54, 1.807) is 0 Å². The van der Waals surface area contributed by atoms with Crippen molar-refractivity contribution >= 4 is 11.6 Å². The molecule has 0 aromatic heterocycles. The van der Waals surface area contributed by atoms with Crippen molar-refractivity contribution in [2.24, 2.45) is 0 Å². The number of aryl methyl sites for hydroxylation is 1. The summed E-state index contributed by atoms with van der Waals surface area (Å²) in [6.07, 6.45) is 0.